The fourth-order valence-electron chi connectivity index (χ4n) is 0.658. The van der Waals surface area contributed by atoms with Gasteiger partial charge in [-0.2, -0.15) is 0 Å². The number of aromatic nitrogens is 3. The Labute approximate surface area is 66.9 Å². The standard InChI is InChI=1S/C5H7N3O2S/c1-7-3(9)6-4(11)8(2)5(7)10/h1-2H3,(H,6,9,11). The fraction of sp³-hybridized carbons (Fsp3) is 0.400. The highest BCUT2D eigenvalue weighted by Crippen LogP contribution is 1.70. The summed E-state index contributed by atoms with van der Waals surface area (Å²) in [5.41, 5.74) is -0.906. The second kappa shape index (κ2) is 2.46. The number of nitrogens with one attached hydrogen (secondary N) is 1. The van der Waals surface area contributed by atoms with Crippen LogP contribution in [0, 0.1) is 4.77 Å². The van der Waals surface area contributed by atoms with E-state index in [1.165, 1.54) is 18.7 Å². The lowest BCUT2D eigenvalue weighted by Gasteiger charge is -1.98. The van der Waals surface area contributed by atoms with Gasteiger partial charge in [-0.3, -0.25) is 9.55 Å². The Morgan fingerprint density at radius 1 is 1.27 bits per heavy atom. The molecule has 0 aliphatic rings. The molecule has 0 bridgehead atoms. The Morgan fingerprint density at radius 2 is 1.82 bits per heavy atom. The highest BCUT2D eigenvalue weighted by atomic mass is 32.1. The minimum Gasteiger partial charge on any atom is -0.284 e. The lowest BCUT2D eigenvalue weighted by Crippen LogP contribution is -2.38. The van der Waals surface area contributed by atoms with Crippen LogP contribution in [0.5, 0.6) is 0 Å². The Balaban J connectivity index is 3.89. The van der Waals surface area contributed by atoms with Crippen molar-refractivity contribution in [1.82, 2.24) is 14.1 Å². The molecule has 0 saturated heterocycles. The van der Waals surface area contributed by atoms with Crippen molar-refractivity contribution in [2.45, 2.75) is 0 Å². The lowest BCUT2D eigenvalue weighted by molar-refractivity contribution is 0.635. The van der Waals surface area contributed by atoms with Gasteiger partial charge in [-0.25, -0.2) is 14.2 Å². The first-order chi connectivity index (χ1) is 5.04. The molecule has 0 atom stereocenters. The summed E-state index contributed by atoms with van der Waals surface area (Å²) >= 11 is 4.68. The normalized spacial score (nSPS) is 10.0. The summed E-state index contributed by atoms with van der Waals surface area (Å²) < 4.78 is 2.28. The maximum Gasteiger partial charge on any atom is 0.333 e. The van der Waals surface area contributed by atoms with Gasteiger partial charge in [0.15, 0.2) is 4.77 Å². The van der Waals surface area contributed by atoms with Crippen LogP contribution in [0.25, 0.3) is 0 Å². The molecule has 0 aromatic carbocycles. The third-order valence-electron chi connectivity index (χ3n) is 1.40. The largest absolute Gasteiger partial charge is 0.333 e. The molecule has 1 heterocycles. The molecule has 0 aliphatic heterocycles. The van der Waals surface area contributed by atoms with E-state index in [0.29, 0.717) is 0 Å². The van der Waals surface area contributed by atoms with Crippen molar-refractivity contribution in [2.24, 2.45) is 14.1 Å². The molecule has 1 aromatic heterocycles. The van der Waals surface area contributed by atoms with Crippen molar-refractivity contribution < 1.29 is 0 Å². The predicted molar refractivity (Wildman–Crippen MR) is 42.1 cm³/mol. The van der Waals surface area contributed by atoms with Gasteiger partial charge in [0.2, 0.25) is 0 Å². The number of aromatic amines is 1. The molecule has 11 heavy (non-hydrogen) atoms. The molecule has 60 valence electrons. The van der Waals surface area contributed by atoms with E-state index in [0.717, 1.165) is 4.57 Å². The van der Waals surface area contributed by atoms with Crippen molar-refractivity contribution in [3.63, 3.8) is 0 Å². The smallest absolute Gasteiger partial charge is 0.284 e. The highest BCUT2D eigenvalue weighted by Gasteiger charge is 1.97. The summed E-state index contributed by atoms with van der Waals surface area (Å²) in [6.07, 6.45) is 0. The molecule has 0 radical (unpaired) electrons. The molecule has 0 amide bonds. The maximum atomic E-state index is 11.0. The Bertz CT molecular complexity index is 401. The Kier molecular flexibility index (Phi) is 1.77. The van der Waals surface area contributed by atoms with Crippen LogP contribution < -0.4 is 11.4 Å². The van der Waals surface area contributed by atoms with E-state index in [1.807, 2.05) is 0 Å². The molecule has 5 nitrogen and oxygen atoms in total. The van der Waals surface area contributed by atoms with Gasteiger partial charge in [-0.05, 0) is 12.2 Å². The van der Waals surface area contributed by atoms with Crippen molar-refractivity contribution in [3.8, 4) is 0 Å². The molecule has 1 N–H and O–H groups in total. The van der Waals surface area contributed by atoms with Crippen molar-refractivity contribution in [2.75, 3.05) is 0 Å². The van der Waals surface area contributed by atoms with Gasteiger partial charge in [0.1, 0.15) is 0 Å². The van der Waals surface area contributed by atoms with Crippen LogP contribution in [-0.4, -0.2) is 14.1 Å². The van der Waals surface area contributed by atoms with E-state index in [1.54, 1.807) is 0 Å². The zero-order valence-electron chi connectivity index (χ0n) is 6.12. The SMILES string of the molecule is Cn1c(=O)[nH]c(=S)n(C)c1=O. The first-order valence-corrected chi connectivity index (χ1v) is 3.31. The zero-order valence-corrected chi connectivity index (χ0v) is 6.94. The summed E-state index contributed by atoms with van der Waals surface area (Å²) in [4.78, 5) is 24.2. The van der Waals surface area contributed by atoms with Gasteiger partial charge in [0.05, 0.1) is 0 Å². The van der Waals surface area contributed by atoms with E-state index in [-0.39, 0.29) is 4.77 Å². The monoisotopic (exact) mass is 173 g/mol. The first-order valence-electron chi connectivity index (χ1n) is 2.90. The van der Waals surface area contributed by atoms with Gasteiger partial charge < -0.3 is 0 Å². The summed E-state index contributed by atoms with van der Waals surface area (Å²) in [7, 11) is 2.89. The molecular weight excluding hydrogens is 166 g/mol. The van der Waals surface area contributed by atoms with Gasteiger partial charge in [0, 0.05) is 14.1 Å². The molecule has 0 spiro atoms. The average molecular weight is 173 g/mol. The Morgan fingerprint density at radius 3 is 2.36 bits per heavy atom. The summed E-state index contributed by atoms with van der Waals surface area (Å²) in [5, 5.41) is 0. The number of hydrogen-bond donors (Lipinski definition) is 1. The first kappa shape index (κ1) is 7.93. The second-order valence-corrected chi connectivity index (χ2v) is 2.52. The van der Waals surface area contributed by atoms with Crippen LogP contribution in [0.3, 0.4) is 0 Å². The minimum atomic E-state index is -0.488. The third kappa shape index (κ3) is 1.16. The van der Waals surface area contributed by atoms with E-state index in [4.69, 9.17) is 0 Å². The molecule has 0 saturated carbocycles. The van der Waals surface area contributed by atoms with Crippen molar-refractivity contribution >= 4 is 12.2 Å². The fourth-order valence-corrected chi connectivity index (χ4v) is 0.823. The minimum absolute atomic E-state index is 0.137. The molecule has 6 heteroatoms. The number of hydrogen-bond acceptors (Lipinski definition) is 3. The van der Waals surface area contributed by atoms with E-state index in [9.17, 15) is 9.59 Å². The van der Waals surface area contributed by atoms with Gasteiger partial charge in [-0.15, -0.1) is 0 Å². The molecule has 0 aliphatic carbocycles. The van der Waals surface area contributed by atoms with Crippen molar-refractivity contribution in [3.05, 3.63) is 25.7 Å². The summed E-state index contributed by atoms with van der Waals surface area (Å²) in [5.74, 6) is 0. The molecule has 1 rings (SSSR count). The average Bonchev–Trinajstić information content (AvgIpc) is 1.97. The molecular formula is C5H7N3O2S. The van der Waals surface area contributed by atoms with E-state index < -0.39 is 11.4 Å². The van der Waals surface area contributed by atoms with Crippen LogP contribution >= 0.6 is 12.2 Å². The van der Waals surface area contributed by atoms with Gasteiger partial charge >= 0.3 is 11.4 Å². The van der Waals surface area contributed by atoms with E-state index in [2.05, 4.69) is 17.2 Å². The third-order valence-corrected chi connectivity index (χ3v) is 1.77. The quantitative estimate of drug-likeness (QED) is 0.519. The van der Waals surface area contributed by atoms with Crippen molar-refractivity contribution in [1.29, 1.82) is 0 Å². The summed E-state index contributed by atoms with van der Waals surface area (Å²) in [6.45, 7) is 0. The predicted octanol–water partition coefficient (Wildman–Crippen LogP) is -0.858. The molecule has 0 unspecified atom stereocenters. The van der Waals surface area contributed by atoms with Crippen LogP contribution in [0.4, 0.5) is 0 Å². The van der Waals surface area contributed by atoms with Gasteiger partial charge in [0.25, 0.3) is 0 Å². The second-order valence-electron chi connectivity index (χ2n) is 2.14. The van der Waals surface area contributed by atoms with Gasteiger partial charge in [-0.1, -0.05) is 0 Å². The van der Waals surface area contributed by atoms with Crippen LogP contribution in [0.2, 0.25) is 0 Å². The Hall–Kier alpha value is -1.17. The van der Waals surface area contributed by atoms with Crippen LogP contribution in [-0.2, 0) is 14.1 Å². The lowest BCUT2D eigenvalue weighted by atomic mass is 10.9. The maximum absolute atomic E-state index is 11.0. The van der Waals surface area contributed by atoms with Crippen LogP contribution in [0.1, 0.15) is 0 Å². The summed E-state index contributed by atoms with van der Waals surface area (Å²) in [6, 6.07) is 0. The molecule has 1 aromatic rings. The van der Waals surface area contributed by atoms with Crippen LogP contribution in [0.15, 0.2) is 9.59 Å². The zero-order chi connectivity index (χ0) is 8.59. The number of nitrogens with zero attached hydrogens (tertiary/aromatic N) is 2. The topological polar surface area (TPSA) is 59.8 Å². The van der Waals surface area contributed by atoms with E-state index >= 15 is 0 Å². The number of H-pyrrole nitrogens is 1. The number of rotatable bonds is 0. The highest BCUT2D eigenvalue weighted by molar-refractivity contribution is 7.71. The molecule has 0 fully saturated rings.